The van der Waals surface area contributed by atoms with Crippen molar-refractivity contribution < 1.29 is 13.9 Å². The molecule has 0 N–H and O–H groups in total. The maximum absolute atomic E-state index is 11.4. The van der Waals surface area contributed by atoms with Gasteiger partial charge in [0.15, 0.2) is 5.09 Å². The first kappa shape index (κ1) is 11.2. The fourth-order valence-corrected chi connectivity index (χ4v) is 1.56. The number of hydrogen-bond donors (Lipinski definition) is 0. The van der Waals surface area contributed by atoms with Gasteiger partial charge in [0, 0.05) is 5.56 Å². The van der Waals surface area contributed by atoms with Crippen LogP contribution in [0, 0.1) is 0 Å². The second-order valence-electron chi connectivity index (χ2n) is 2.70. The Bertz CT molecular complexity index is 317. The lowest BCUT2D eigenvalue weighted by Gasteiger charge is -1.99. The van der Waals surface area contributed by atoms with Crippen molar-refractivity contribution in [2.24, 2.45) is 0 Å². The molecule has 0 amide bonds. The van der Waals surface area contributed by atoms with E-state index in [-0.39, 0.29) is 5.97 Å². The van der Waals surface area contributed by atoms with Crippen LogP contribution in [0.4, 0.5) is 0 Å². The topological polar surface area (TPSA) is 39.4 Å². The molecule has 1 rings (SSSR count). The average Bonchev–Trinajstić information content (AvgIpc) is 2.61. The van der Waals surface area contributed by atoms with Gasteiger partial charge in [0.2, 0.25) is 5.76 Å². The molecular weight excluding hydrogens is 200 g/mol. The molecule has 0 aliphatic heterocycles. The van der Waals surface area contributed by atoms with Crippen LogP contribution in [0.15, 0.2) is 15.6 Å². The molecular formula is C10H14O3S. The minimum absolute atomic E-state index is 0.346. The molecule has 1 aromatic heterocycles. The number of carbonyl (C=O) groups is 1. The smallest absolute Gasteiger partial charge is 0.374 e. The minimum atomic E-state index is -0.371. The van der Waals surface area contributed by atoms with Crippen LogP contribution in [0.5, 0.6) is 0 Å². The fourth-order valence-electron chi connectivity index (χ4n) is 1.14. The van der Waals surface area contributed by atoms with Crippen LogP contribution < -0.4 is 0 Å². The molecule has 0 spiro atoms. The zero-order chi connectivity index (χ0) is 10.6. The van der Waals surface area contributed by atoms with Gasteiger partial charge >= 0.3 is 5.97 Å². The first-order valence-electron chi connectivity index (χ1n) is 4.56. The van der Waals surface area contributed by atoms with Crippen LogP contribution >= 0.6 is 11.8 Å². The van der Waals surface area contributed by atoms with Gasteiger partial charge in [0.1, 0.15) is 0 Å². The third kappa shape index (κ3) is 2.32. The number of rotatable bonds is 4. The third-order valence-corrected chi connectivity index (χ3v) is 2.43. The summed E-state index contributed by atoms with van der Waals surface area (Å²) in [7, 11) is 0. The summed E-state index contributed by atoms with van der Waals surface area (Å²) in [5.41, 5.74) is 0.910. The van der Waals surface area contributed by atoms with Gasteiger partial charge in [-0.1, -0.05) is 18.7 Å². The highest BCUT2D eigenvalue weighted by molar-refractivity contribution is 7.98. The predicted octanol–water partition coefficient (Wildman–Crippen LogP) is 2.74. The van der Waals surface area contributed by atoms with E-state index >= 15 is 0 Å². The molecule has 14 heavy (non-hydrogen) atoms. The van der Waals surface area contributed by atoms with Crippen molar-refractivity contribution in [1.29, 1.82) is 0 Å². The summed E-state index contributed by atoms with van der Waals surface area (Å²) in [5.74, 6) is -0.0247. The van der Waals surface area contributed by atoms with E-state index in [1.54, 1.807) is 6.92 Å². The molecule has 1 heterocycles. The molecule has 0 unspecified atom stereocenters. The molecule has 78 valence electrons. The molecule has 0 radical (unpaired) electrons. The van der Waals surface area contributed by atoms with Gasteiger partial charge in [0.25, 0.3) is 0 Å². The second kappa shape index (κ2) is 5.10. The number of carbonyl (C=O) groups excluding carboxylic acids is 1. The van der Waals surface area contributed by atoms with Crippen molar-refractivity contribution in [2.75, 3.05) is 12.9 Å². The van der Waals surface area contributed by atoms with Crippen LogP contribution in [0.1, 0.15) is 30.0 Å². The van der Waals surface area contributed by atoms with E-state index in [0.29, 0.717) is 12.4 Å². The van der Waals surface area contributed by atoms with Crippen LogP contribution in [-0.4, -0.2) is 18.8 Å². The normalized spacial score (nSPS) is 10.2. The van der Waals surface area contributed by atoms with E-state index in [9.17, 15) is 4.79 Å². The molecule has 0 atom stereocenters. The van der Waals surface area contributed by atoms with E-state index in [0.717, 1.165) is 17.1 Å². The van der Waals surface area contributed by atoms with E-state index in [1.807, 2.05) is 19.2 Å². The van der Waals surface area contributed by atoms with E-state index in [4.69, 9.17) is 9.15 Å². The van der Waals surface area contributed by atoms with Gasteiger partial charge in [-0.2, -0.15) is 0 Å². The summed E-state index contributed by atoms with van der Waals surface area (Å²) < 4.78 is 10.2. The molecule has 0 aliphatic carbocycles. The first-order chi connectivity index (χ1) is 6.72. The van der Waals surface area contributed by atoms with Gasteiger partial charge < -0.3 is 9.15 Å². The van der Waals surface area contributed by atoms with Crippen LogP contribution in [-0.2, 0) is 11.2 Å². The number of ether oxygens (including phenoxy) is 1. The quantitative estimate of drug-likeness (QED) is 0.570. The van der Waals surface area contributed by atoms with E-state index < -0.39 is 0 Å². The number of thioether (sulfide) groups is 1. The van der Waals surface area contributed by atoms with Crippen molar-refractivity contribution in [2.45, 2.75) is 25.4 Å². The first-order valence-corrected chi connectivity index (χ1v) is 5.79. The molecule has 0 saturated heterocycles. The molecule has 0 saturated carbocycles. The van der Waals surface area contributed by atoms with E-state index in [1.165, 1.54) is 11.8 Å². The molecule has 0 bridgehead atoms. The Morgan fingerprint density at radius 3 is 2.79 bits per heavy atom. The zero-order valence-corrected chi connectivity index (χ0v) is 9.44. The summed E-state index contributed by atoms with van der Waals surface area (Å²) in [5, 5.41) is 0.755. The molecule has 3 nitrogen and oxygen atoms in total. The SMILES string of the molecule is CCOC(=O)c1oc(SC)cc1CC. The van der Waals surface area contributed by atoms with Gasteiger partial charge in [-0.15, -0.1) is 0 Å². The number of furan rings is 1. The Balaban J connectivity index is 2.93. The lowest BCUT2D eigenvalue weighted by molar-refractivity contribution is 0.0482. The Morgan fingerprint density at radius 2 is 2.29 bits per heavy atom. The maximum atomic E-state index is 11.4. The highest BCUT2D eigenvalue weighted by Gasteiger charge is 2.17. The summed E-state index contributed by atoms with van der Waals surface area (Å²) in [6.07, 6.45) is 2.69. The maximum Gasteiger partial charge on any atom is 0.374 e. The average molecular weight is 214 g/mol. The van der Waals surface area contributed by atoms with Crippen molar-refractivity contribution in [3.8, 4) is 0 Å². The summed E-state index contributed by atoms with van der Waals surface area (Å²) >= 11 is 1.48. The molecule has 4 heteroatoms. The highest BCUT2D eigenvalue weighted by atomic mass is 32.2. The van der Waals surface area contributed by atoms with Crippen LogP contribution in [0.25, 0.3) is 0 Å². The van der Waals surface area contributed by atoms with Crippen molar-refractivity contribution >= 4 is 17.7 Å². The molecule has 1 aromatic rings. The summed E-state index contributed by atoms with van der Waals surface area (Å²) in [6, 6.07) is 1.89. The van der Waals surface area contributed by atoms with Crippen LogP contribution in [0.2, 0.25) is 0 Å². The second-order valence-corrected chi connectivity index (χ2v) is 3.51. The Kier molecular flexibility index (Phi) is 4.07. The van der Waals surface area contributed by atoms with Gasteiger partial charge in [0.05, 0.1) is 6.61 Å². The number of aryl methyl sites for hydroxylation is 1. The van der Waals surface area contributed by atoms with E-state index in [2.05, 4.69) is 0 Å². The van der Waals surface area contributed by atoms with Crippen molar-refractivity contribution in [1.82, 2.24) is 0 Å². The summed E-state index contributed by atoms with van der Waals surface area (Å²) in [4.78, 5) is 11.4. The number of hydrogen-bond acceptors (Lipinski definition) is 4. The van der Waals surface area contributed by atoms with Crippen LogP contribution in [0.3, 0.4) is 0 Å². The third-order valence-electron chi connectivity index (χ3n) is 1.83. The number of esters is 1. The molecule has 0 aromatic carbocycles. The monoisotopic (exact) mass is 214 g/mol. The lowest BCUT2D eigenvalue weighted by atomic mass is 10.2. The Morgan fingerprint density at radius 1 is 1.57 bits per heavy atom. The van der Waals surface area contributed by atoms with Gasteiger partial charge in [-0.3, -0.25) is 0 Å². The minimum Gasteiger partial charge on any atom is -0.460 e. The standard InChI is InChI=1S/C10H14O3S/c1-4-7-6-8(14-3)13-9(7)10(11)12-5-2/h6H,4-5H2,1-3H3. The predicted molar refractivity (Wildman–Crippen MR) is 55.8 cm³/mol. The summed E-state index contributed by atoms with van der Waals surface area (Å²) in [6.45, 7) is 4.14. The molecule has 0 fully saturated rings. The highest BCUT2D eigenvalue weighted by Crippen LogP contribution is 2.24. The zero-order valence-electron chi connectivity index (χ0n) is 8.62. The Labute approximate surface area is 87.8 Å². The van der Waals surface area contributed by atoms with Crippen molar-refractivity contribution in [3.05, 3.63) is 17.4 Å². The largest absolute Gasteiger partial charge is 0.460 e. The fraction of sp³-hybridized carbons (Fsp3) is 0.500. The molecule has 0 aliphatic rings. The van der Waals surface area contributed by atoms with Crippen molar-refractivity contribution in [3.63, 3.8) is 0 Å². The lowest BCUT2D eigenvalue weighted by Crippen LogP contribution is -2.05. The van der Waals surface area contributed by atoms with Gasteiger partial charge in [-0.05, 0) is 25.7 Å². The Hall–Kier alpha value is -0.900. The van der Waals surface area contributed by atoms with Gasteiger partial charge in [-0.25, -0.2) is 4.79 Å².